The molecule has 1 unspecified atom stereocenters. The summed E-state index contributed by atoms with van der Waals surface area (Å²) in [7, 11) is 0. The molecule has 0 aromatic heterocycles. The summed E-state index contributed by atoms with van der Waals surface area (Å²) >= 11 is 6.16. The first-order valence-corrected chi connectivity index (χ1v) is 7.10. The Labute approximate surface area is 123 Å². The molecule has 1 atom stereocenters. The fourth-order valence-electron chi connectivity index (χ4n) is 2.65. The third kappa shape index (κ3) is 3.07. The second-order valence-corrected chi connectivity index (χ2v) is 5.51. The number of hydrogen-bond donors (Lipinski definition) is 1. The minimum absolute atomic E-state index is 0.0501. The van der Waals surface area contributed by atoms with E-state index in [1.54, 1.807) is 0 Å². The molecule has 0 spiro atoms. The Bertz CT molecular complexity index is 482. The number of aliphatic hydroxyl groups is 1. The van der Waals surface area contributed by atoms with Gasteiger partial charge in [-0.15, -0.1) is 0 Å². The van der Waals surface area contributed by atoms with Gasteiger partial charge < -0.3 is 19.3 Å². The lowest BCUT2D eigenvalue weighted by atomic mass is 10.1. The zero-order valence-corrected chi connectivity index (χ0v) is 11.9. The van der Waals surface area contributed by atoms with Crippen LogP contribution in [0.25, 0.3) is 0 Å². The number of ether oxygens (including phenoxy) is 3. The number of rotatable bonds is 3. The van der Waals surface area contributed by atoms with Gasteiger partial charge in [-0.3, -0.25) is 4.90 Å². The van der Waals surface area contributed by atoms with Gasteiger partial charge in [-0.25, -0.2) is 0 Å². The molecule has 1 fully saturated rings. The van der Waals surface area contributed by atoms with Crippen LogP contribution >= 0.6 is 11.6 Å². The topological polar surface area (TPSA) is 51.2 Å². The van der Waals surface area contributed by atoms with Crippen molar-refractivity contribution >= 4 is 11.6 Å². The molecular formula is C14H18ClNO4. The highest BCUT2D eigenvalue weighted by Gasteiger charge is 2.23. The van der Waals surface area contributed by atoms with Gasteiger partial charge in [0.05, 0.1) is 25.9 Å². The molecule has 1 N–H and O–H groups in total. The summed E-state index contributed by atoms with van der Waals surface area (Å²) in [5.41, 5.74) is 2.06. The summed E-state index contributed by atoms with van der Waals surface area (Å²) in [5, 5.41) is 9.89. The third-order valence-corrected chi connectivity index (χ3v) is 3.79. The van der Waals surface area contributed by atoms with Gasteiger partial charge in [0.15, 0.2) is 6.79 Å². The van der Waals surface area contributed by atoms with Crippen molar-refractivity contribution in [2.75, 3.05) is 33.1 Å². The molecule has 0 radical (unpaired) electrons. The van der Waals surface area contributed by atoms with Crippen molar-refractivity contribution < 1.29 is 19.3 Å². The van der Waals surface area contributed by atoms with Crippen molar-refractivity contribution in [3.63, 3.8) is 0 Å². The highest BCUT2D eigenvalue weighted by atomic mass is 35.5. The summed E-state index contributed by atoms with van der Waals surface area (Å²) in [5.74, 6) is 0.882. The zero-order valence-electron chi connectivity index (χ0n) is 11.2. The number of hydrogen-bond acceptors (Lipinski definition) is 5. The van der Waals surface area contributed by atoms with Gasteiger partial charge in [0.25, 0.3) is 0 Å². The third-order valence-electron chi connectivity index (χ3n) is 3.57. The van der Waals surface area contributed by atoms with Crippen molar-refractivity contribution in [2.24, 2.45) is 0 Å². The van der Waals surface area contributed by atoms with Crippen LogP contribution in [0.3, 0.4) is 0 Å². The standard InChI is InChI=1S/C14H18ClNO4/c15-12-3-10(14-11(4-12)8-18-9-20-14)5-16-1-2-19-13(6-16)7-17/h3-4,13,17H,1-2,5-9H2. The minimum Gasteiger partial charge on any atom is -0.467 e. The number of fused-ring (bicyclic) bond motifs is 1. The van der Waals surface area contributed by atoms with Crippen LogP contribution in [-0.2, 0) is 22.6 Å². The first-order chi connectivity index (χ1) is 9.76. The van der Waals surface area contributed by atoms with Crippen LogP contribution < -0.4 is 4.74 Å². The Kier molecular flexibility index (Phi) is 4.43. The summed E-state index contributed by atoms with van der Waals surface area (Å²) < 4.78 is 16.4. The van der Waals surface area contributed by atoms with Crippen LogP contribution in [0.4, 0.5) is 0 Å². The molecule has 1 aromatic rings. The maximum Gasteiger partial charge on any atom is 0.189 e. The molecule has 0 bridgehead atoms. The Balaban J connectivity index is 1.78. The highest BCUT2D eigenvalue weighted by Crippen LogP contribution is 2.32. The maximum atomic E-state index is 9.20. The van der Waals surface area contributed by atoms with Crippen molar-refractivity contribution in [1.82, 2.24) is 4.90 Å². The molecule has 5 nitrogen and oxygen atoms in total. The second kappa shape index (κ2) is 6.28. The Morgan fingerprint density at radius 1 is 1.40 bits per heavy atom. The average molecular weight is 300 g/mol. The van der Waals surface area contributed by atoms with E-state index in [1.807, 2.05) is 12.1 Å². The molecule has 0 aliphatic carbocycles. The molecule has 110 valence electrons. The van der Waals surface area contributed by atoms with E-state index in [4.69, 9.17) is 25.8 Å². The quantitative estimate of drug-likeness (QED) is 0.914. The summed E-state index contributed by atoms with van der Waals surface area (Å²) in [4.78, 5) is 2.25. The van der Waals surface area contributed by atoms with E-state index in [1.165, 1.54) is 0 Å². The van der Waals surface area contributed by atoms with Gasteiger partial charge in [0.2, 0.25) is 0 Å². The van der Waals surface area contributed by atoms with Gasteiger partial charge in [-0.2, -0.15) is 0 Å². The number of nitrogens with zero attached hydrogens (tertiary/aromatic N) is 1. The van der Waals surface area contributed by atoms with E-state index in [0.717, 1.165) is 30.0 Å². The predicted octanol–water partition coefficient (Wildman–Crippen LogP) is 1.40. The fourth-order valence-corrected chi connectivity index (χ4v) is 2.91. The summed E-state index contributed by atoms with van der Waals surface area (Å²) in [6.07, 6.45) is -0.108. The molecule has 3 rings (SSSR count). The molecule has 1 saturated heterocycles. The number of halogens is 1. The van der Waals surface area contributed by atoms with E-state index >= 15 is 0 Å². The van der Waals surface area contributed by atoms with Crippen LogP contribution in [0.1, 0.15) is 11.1 Å². The van der Waals surface area contributed by atoms with Crippen LogP contribution in [-0.4, -0.2) is 49.2 Å². The fraction of sp³-hybridized carbons (Fsp3) is 0.571. The van der Waals surface area contributed by atoms with Gasteiger partial charge in [-0.05, 0) is 12.1 Å². The zero-order chi connectivity index (χ0) is 13.9. The van der Waals surface area contributed by atoms with Gasteiger partial charge in [0.1, 0.15) is 5.75 Å². The Hall–Kier alpha value is -0.850. The smallest absolute Gasteiger partial charge is 0.189 e. The van der Waals surface area contributed by atoms with E-state index in [0.29, 0.717) is 24.8 Å². The van der Waals surface area contributed by atoms with E-state index < -0.39 is 0 Å². The first kappa shape index (κ1) is 14.1. The number of aliphatic hydroxyl groups excluding tert-OH is 1. The lowest BCUT2D eigenvalue weighted by Gasteiger charge is -2.33. The Morgan fingerprint density at radius 2 is 2.30 bits per heavy atom. The summed E-state index contributed by atoms with van der Waals surface area (Å²) in [6.45, 7) is 3.80. The van der Waals surface area contributed by atoms with Crippen molar-refractivity contribution in [1.29, 1.82) is 0 Å². The first-order valence-electron chi connectivity index (χ1n) is 6.73. The minimum atomic E-state index is -0.108. The Morgan fingerprint density at radius 3 is 3.15 bits per heavy atom. The molecule has 2 heterocycles. The largest absolute Gasteiger partial charge is 0.467 e. The lowest BCUT2D eigenvalue weighted by molar-refractivity contribution is -0.0560. The molecule has 20 heavy (non-hydrogen) atoms. The van der Waals surface area contributed by atoms with Crippen LogP contribution in [0.2, 0.25) is 5.02 Å². The number of benzene rings is 1. The molecule has 2 aliphatic rings. The van der Waals surface area contributed by atoms with Gasteiger partial charge in [0, 0.05) is 35.8 Å². The molecule has 0 amide bonds. The highest BCUT2D eigenvalue weighted by molar-refractivity contribution is 6.30. The van der Waals surface area contributed by atoms with Crippen LogP contribution in [0.5, 0.6) is 5.75 Å². The lowest BCUT2D eigenvalue weighted by Crippen LogP contribution is -2.43. The SMILES string of the molecule is OCC1CN(Cc2cc(Cl)cc3c2OCOC3)CCO1. The van der Waals surface area contributed by atoms with Crippen LogP contribution in [0.15, 0.2) is 12.1 Å². The monoisotopic (exact) mass is 299 g/mol. The predicted molar refractivity (Wildman–Crippen MR) is 73.8 cm³/mol. The van der Waals surface area contributed by atoms with Crippen molar-refractivity contribution in [2.45, 2.75) is 19.3 Å². The number of morpholine rings is 1. The van der Waals surface area contributed by atoms with Gasteiger partial charge in [-0.1, -0.05) is 11.6 Å². The maximum absolute atomic E-state index is 9.20. The molecule has 2 aliphatic heterocycles. The van der Waals surface area contributed by atoms with E-state index in [2.05, 4.69) is 4.90 Å². The average Bonchev–Trinajstić information content (AvgIpc) is 2.47. The molecule has 0 saturated carbocycles. The van der Waals surface area contributed by atoms with E-state index in [-0.39, 0.29) is 19.5 Å². The molecular weight excluding hydrogens is 282 g/mol. The van der Waals surface area contributed by atoms with Crippen molar-refractivity contribution in [3.05, 3.63) is 28.3 Å². The van der Waals surface area contributed by atoms with E-state index in [9.17, 15) is 5.11 Å². The van der Waals surface area contributed by atoms with Crippen molar-refractivity contribution in [3.8, 4) is 5.75 Å². The van der Waals surface area contributed by atoms with Crippen LogP contribution in [0, 0.1) is 0 Å². The van der Waals surface area contributed by atoms with Gasteiger partial charge >= 0.3 is 0 Å². The molecule has 1 aromatic carbocycles. The second-order valence-electron chi connectivity index (χ2n) is 5.07. The normalized spacial score (nSPS) is 23.2. The molecule has 6 heteroatoms. The summed E-state index contributed by atoms with van der Waals surface area (Å²) in [6, 6.07) is 3.82.